The summed E-state index contributed by atoms with van der Waals surface area (Å²) in [5, 5.41) is 4.61. The predicted molar refractivity (Wildman–Crippen MR) is 516 cm³/mol. The van der Waals surface area contributed by atoms with E-state index in [2.05, 4.69) is 408 Å². The van der Waals surface area contributed by atoms with Gasteiger partial charge in [-0.05, 0) is 234 Å². The maximum Gasteiger partial charge on any atom is 0.252 e. The molecule has 2 aliphatic heterocycles. The number of para-hydroxylation sites is 5. The van der Waals surface area contributed by atoms with Gasteiger partial charge in [-0.25, -0.2) is 0 Å². The van der Waals surface area contributed by atoms with Gasteiger partial charge in [0.05, 0.1) is 55.4 Å². The van der Waals surface area contributed by atoms with Gasteiger partial charge in [-0.1, -0.05) is 299 Å². The van der Waals surface area contributed by atoms with E-state index in [0.29, 0.717) is 5.69 Å². The molecule has 3 aromatic heterocycles. The van der Waals surface area contributed by atoms with E-state index in [9.17, 15) is 11.0 Å². The van der Waals surface area contributed by atoms with E-state index in [-0.39, 0.29) is 50.1 Å². The Morgan fingerprint density at radius 2 is 0.653 bits per heavy atom. The van der Waals surface area contributed by atoms with Gasteiger partial charge < -0.3 is 28.4 Å². The summed E-state index contributed by atoms with van der Waals surface area (Å²) in [6.07, 6.45) is 0. The van der Waals surface area contributed by atoms with Gasteiger partial charge in [-0.3, -0.25) is 0 Å². The molecule has 0 amide bonds. The number of rotatable bonds is 12. The van der Waals surface area contributed by atoms with Gasteiger partial charge in [0.2, 0.25) is 0 Å². The van der Waals surface area contributed by atoms with Gasteiger partial charge in [-0.2, -0.15) is 0 Å². The molecule has 0 spiro atoms. The lowest BCUT2D eigenvalue weighted by Gasteiger charge is -2.46. The Labute approximate surface area is 719 Å². The molecule has 6 nitrogen and oxygen atoms in total. The van der Waals surface area contributed by atoms with E-state index in [1.165, 1.54) is 21.9 Å². The molecular formula is C114H91BN6. The molecule has 121 heavy (non-hydrogen) atoms. The molecule has 7 heteroatoms. The monoisotopic (exact) mass is 1560 g/mol. The van der Waals surface area contributed by atoms with Crippen molar-refractivity contribution in [3.63, 3.8) is 0 Å². The zero-order valence-electron chi connectivity index (χ0n) is 77.1. The molecule has 0 unspecified atom stereocenters. The molecule has 0 bridgehead atoms. The molecule has 0 aliphatic carbocycles. The van der Waals surface area contributed by atoms with Crippen molar-refractivity contribution < 1.29 is 11.0 Å². The van der Waals surface area contributed by atoms with E-state index in [4.69, 9.17) is 0 Å². The number of hydrogen-bond donors (Lipinski definition) is 0. The maximum atomic E-state index is 10.0. The van der Waals surface area contributed by atoms with Gasteiger partial charge in [0.1, 0.15) is 0 Å². The number of benzene rings is 17. The summed E-state index contributed by atoms with van der Waals surface area (Å²) in [7, 11) is 0. The van der Waals surface area contributed by atoms with Crippen LogP contribution in [-0.4, -0.2) is 20.4 Å². The standard InChI is InChI=1S/C114H91BN6/c1-112(2,3)80-51-61-104-96(66-80)97-67-81(113(4,5)6)52-62-105(97)119(104)89-72-108-110-109(73-89)121(111-94(76-37-19-12-20-38-76)68-82(114(7,8)9)69-95(111)77-39-21-13-22-40-77)107-70-86(116(83-41-23-14-24-42-83)84-53-55-85(56-54-84)117-100-47-29-25-43-90(100)91-44-26-30-48-101(91)117)57-59-99(107)115(110)98-60-58-87(118-102-49-31-27-45-92(102)93-46-28-32-50-103(93)118)71-106(98)120(108)88-64-78(74-33-15-10-16-34-74)63-79(65-88)75-35-17-11-18-36-75/h10-73H,1-9H3/i27D,28D,31D,32D,45D,46D,49D,50D. The molecule has 0 atom stereocenters. The molecule has 22 rings (SSSR count). The largest absolute Gasteiger partial charge is 0.311 e. The fraction of sp³-hybridized carbons (Fsp3) is 0.105. The van der Waals surface area contributed by atoms with Crippen LogP contribution in [0, 0.1) is 0 Å². The van der Waals surface area contributed by atoms with Crippen LogP contribution in [0.25, 0.3) is 127 Å². The van der Waals surface area contributed by atoms with Crippen LogP contribution in [0.2, 0.25) is 0 Å². The fourth-order valence-electron chi connectivity index (χ4n) is 19.1. The van der Waals surface area contributed by atoms with Crippen molar-refractivity contribution in [1.29, 1.82) is 0 Å². The Hall–Kier alpha value is -14.4. The van der Waals surface area contributed by atoms with Crippen molar-refractivity contribution in [1.82, 2.24) is 13.7 Å². The summed E-state index contributed by atoms with van der Waals surface area (Å²) in [6, 6.07) is 120. The second-order valence-corrected chi connectivity index (χ2v) is 35.5. The molecule has 5 heterocycles. The third kappa shape index (κ3) is 12.1. The van der Waals surface area contributed by atoms with Crippen molar-refractivity contribution in [2.24, 2.45) is 0 Å². The maximum absolute atomic E-state index is 10.0. The third-order valence-corrected chi connectivity index (χ3v) is 25.0. The minimum absolute atomic E-state index is 0.00306. The summed E-state index contributed by atoms with van der Waals surface area (Å²) >= 11 is 0. The van der Waals surface area contributed by atoms with Crippen molar-refractivity contribution >= 4 is 140 Å². The minimum atomic E-state index is -0.588. The smallest absolute Gasteiger partial charge is 0.252 e. The quantitative estimate of drug-likeness (QED) is 0.114. The zero-order chi connectivity index (χ0) is 88.7. The first-order valence-electron chi connectivity index (χ1n) is 45.9. The highest BCUT2D eigenvalue weighted by atomic mass is 15.2. The second-order valence-electron chi connectivity index (χ2n) is 35.5. The third-order valence-electron chi connectivity index (χ3n) is 25.0. The summed E-state index contributed by atoms with van der Waals surface area (Å²) in [6.45, 7) is 20.0. The molecule has 0 saturated carbocycles. The lowest BCUT2D eigenvalue weighted by Crippen LogP contribution is -2.61. The topological polar surface area (TPSA) is 24.5 Å². The molecule has 20 aromatic rings. The first-order chi connectivity index (χ1) is 62.2. The highest BCUT2D eigenvalue weighted by molar-refractivity contribution is 7.00. The van der Waals surface area contributed by atoms with Crippen LogP contribution < -0.4 is 31.1 Å². The molecule has 0 fully saturated rings. The normalized spacial score (nSPS) is 13.7. The second kappa shape index (κ2) is 28.2. The van der Waals surface area contributed by atoms with Crippen molar-refractivity contribution in [3.8, 4) is 61.6 Å². The van der Waals surface area contributed by atoms with E-state index in [0.717, 1.165) is 162 Å². The van der Waals surface area contributed by atoms with Crippen LogP contribution in [0.4, 0.5) is 51.2 Å². The molecule has 0 saturated heterocycles. The van der Waals surface area contributed by atoms with Crippen LogP contribution in [0.1, 0.15) is 90.0 Å². The Kier molecular flexibility index (Phi) is 15.0. The average molecular weight is 1560 g/mol. The van der Waals surface area contributed by atoms with Crippen LogP contribution in [-0.2, 0) is 16.2 Å². The molecule has 0 N–H and O–H groups in total. The van der Waals surface area contributed by atoms with Gasteiger partial charge >= 0.3 is 0 Å². The highest BCUT2D eigenvalue weighted by Gasteiger charge is 2.46. The Balaban J connectivity index is 0.922. The van der Waals surface area contributed by atoms with Crippen molar-refractivity contribution in [2.45, 2.75) is 78.6 Å². The van der Waals surface area contributed by atoms with E-state index >= 15 is 0 Å². The lowest BCUT2D eigenvalue weighted by molar-refractivity contribution is 0.590. The van der Waals surface area contributed by atoms with Crippen molar-refractivity contribution in [3.05, 3.63) is 405 Å². The number of hydrogen-bond acceptors (Lipinski definition) is 3. The Morgan fingerprint density at radius 3 is 1.17 bits per heavy atom. The minimum Gasteiger partial charge on any atom is -0.311 e. The summed E-state index contributed by atoms with van der Waals surface area (Å²) in [4.78, 5) is 7.40. The predicted octanol–water partition coefficient (Wildman–Crippen LogP) is 29.1. The molecule has 2 aliphatic rings. The SMILES string of the molecule is [2H]c1c([2H])c([2H])c2c(c1[2H])c1c([2H])c([2H])c([2H])c([2H])c1n2-c1ccc2c(c1)N(c1cc(-c3ccccc3)cc(-c3ccccc3)c1)c1cc(-n3c4ccc(C(C)(C)C)cc4c4cc(C(C)(C)C)ccc43)cc3c1B2c1ccc(N(c2ccccc2)c2ccc(-n4c5ccccc5c5ccccc54)cc2)cc1N3c1c(-c2ccccc2)cc(C(C)(C)C)cc1-c1ccccc1. The zero-order valence-corrected chi connectivity index (χ0v) is 69.1. The first-order valence-corrected chi connectivity index (χ1v) is 41.9. The first kappa shape index (κ1) is 64.7. The van der Waals surface area contributed by atoms with Crippen LogP contribution >= 0.6 is 0 Å². The van der Waals surface area contributed by atoms with E-state index in [1.54, 1.807) is 4.57 Å². The van der Waals surface area contributed by atoms with Crippen molar-refractivity contribution in [2.75, 3.05) is 14.7 Å². The number of aromatic nitrogens is 3. The number of fused-ring (bicyclic) bond motifs is 13. The van der Waals surface area contributed by atoms with Gasteiger partial charge in [-0.15, -0.1) is 0 Å². The fourth-order valence-corrected chi connectivity index (χ4v) is 19.1. The van der Waals surface area contributed by atoms with Crippen LogP contribution in [0.15, 0.2) is 388 Å². The Morgan fingerprint density at radius 1 is 0.256 bits per heavy atom. The molecule has 580 valence electrons. The summed E-state index contributed by atoms with van der Waals surface area (Å²) < 4.78 is 83.2. The van der Waals surface area contributed by atoms with Gasteiger partial charge in [0.15, 0.2) is 0 Å². The molecule has 0 radical (unpaired) electrons. The van der Waals surface area contributed by atoms with Crippen LogP contribution in [0.3, 0.4) is 0 Å². The molecule has 17 aromatic carbocycles. The van der Waals surface area contributed by atoms with Crippen LogP contribution in [0.5, 0.6) is 0 Å². The summed E-state index contributed by atoms with van der Waals surface area (Å²) in [5.74, 6) is 0. The number of nitrogens with zero attached hydrogens (tertiary/aromatic N) is 6. The van der Waals surface area contributed by atoms with Gasteiger partial charge in [0, 0.05) is 100 Å². The number of anilines is 9. The van der Waals surface area contributed by atoms with E-state index in [1.807, 2.05) is 18.2 Å². The average Bonchev–Trinajstić information content (AvgIpc) is 1.68. The highest BCUT2D eigenvalue weighted by Crippen LogP contribution is 2.55. The van der Waals surface area contributed by atoms with E-state index < -0.39 is 43.0 Å². The molecular weight excluding hydrogens is 1460 g/mol. The van der Waals surface area contributed by atoms with Gasteiger partial charge in [0.25, 0.3) is 6.71 Å². The Bertz CT molecular complexity index is 7710. The lowest BCUT2D eigenvalue weighted by atomic mass is 9.33. The summed E-state index contributed by atoms with van der Waals surface area (Å²) in [5.41, 5.74) is 28.4.